The minimum Gasteiger partial charge on any atom is -0.481 e. The third kappa shape index (κ3) is 9.78. The van der Waals surface area contributed by atoms with Crippen LogP contribution in [0.1, 0.15) is 90.4 Å². The number of allylic oxidation sites excluding steroid dienone is 1. The van der Waals surface area contributed by atoms with Crippen molar-refractivity contribution in [2.24, 2.45) is 11.8 Å². The molecule has 4 nitrogen and oxygen atoms in total. The molecule has 0 saturated heterocycles. The fraction of sp³-hybridized carbons (Fsp3) is 0.810. The van der Waals surface area contributed by atoms with Crippen molar-refractivity contribution in [1.82, 2.24) is 0 Å². The van der Waals surface area contributed by atoms with E-state index in [0.29, 0.717) is 18.6 Å². The van der Waals surface area contributed by atoms with Crippen molar-refractivity contribution in [1.29, 1.82) is 0 Å². The van der Waals surface area contributed by atoms with Crippen LogP contribution in [0.5, 0.6) is 0 Å². The number of carboxylic acids is 1. The molecule has 1 aliphatic rings. The number of aliphatic hydroxyl groups excluding tert-OH is 1. The summed E-state index contributed by atoms with van der Waals surface area (Å²) < 4.78 is 0. The largest absolute Gasteiger partial charge is 0.481 e. The normalized spacial score (nSPS) is 21.9. The zero-order valence-corrected chi connectivity index (χ0v) is 15.8. The van der Waals surface area contributed by atoms with E-state index in [4.69, 9.17) is 5.11 Å². The maximum atomic E-state index is 12.1. The van der Waals surface area contributed by atoms with Gasteiger partial charge in [0.25, 0.3) is 0 Å². The second-order valence-corrected chi connectivity index (χ2v) is 7.42. The van der Waals surface area contributed by atoms with E-state index < -0.39 is 12.1 Å². The number of rotatable bonds is 14. The molecule has 0 aromatic rings. The number of carbonyl (C=O) groups is 2. The maximum absolute atomic E-state index is 12.1. The topological polar surface area (TPSA) is 74.6 Å². The number of Topliss-reactive ketones (excluding diaryl/α,β-unsaturated/α-hetero) is 1. The van der Waals surface area contributed by atoms with Crippen molar-refractivity contribution in [3.63, 3.8) is 0 Å². The van der Waals surface area contributed by atoms with Gasteiger partial charge in [-0.25, -0.2) is 0 Å². The van der Waals surface area contributed by atoms with Gasteiger partial charge in [0, 0.05) is 18.8 Å². The van der Waals surface area contributed by atoms with Crippen LogP contribution in [0.15, 0.2) is 12.2 Å². The van der Waals surface area contributed by atoms with Gasteiger partial charge in [-0.15, -0.1) is 0 Å². The zero-order chi connectivity index (χ0) is 18.5. The van der Waals surface area contributed by atoms with Gasteiger partial charge in [-0.05, 0) is 31.6 Å². The van der Waals surface area contributed by atoms with Gasteiger partial charge in [0.05, 0.1) is 6.10 Å². The van der Waals surface area contributed by atoms with E-state index in [2.05, 4.69) is 13.0 Å². The molecule has 1 aliphatic carbocycles. The first kappa shape index (κ1) is 21.9. The molecule has 0 bridgehead atoms. The van der Waals surface area contributed by atoms with E-state index in [1.165, 1.54) is 25.7 Å². The van der Waals surface area contributed by atoms with E-state index in [9.17, 15) is 14.7 Å². The summed E-state index contributed by atoms with van der Waals surface area (Å²) >= 11 is 0. The van der Waals surface area contributed by atoms with Crippen LogP contribution in [0.3, 0.4) is 0 Å². The fourth-order valence-electron chi connectivity index (χ4n) is 3.68. The Kier molecular flexibility index (Phi) is 11.5. The molecule has 4 heteroatoms. The molecule has 0 amide bonds. The average molecular weight is 353 g/mol. The highest BCUT2D eigenvalue weighted by Gasteiger charge is 2.32. The number of hydrogen-bond acceptors (Lipinski definition) is 3. The number of ketones is 1. The average Bonchev–Trinajstić information content (AvgIpc) is 2.92. The van der Waals surface area contributed by atoms with Gasteiger partial charge < -0.3 is 10.2 Å². The van der Waals surface area contributed by atoms with Crippen LogP contribution in [0.4, 0.5) is 0 Å². The highest BCUT2D eigenvalue weighted by molar-refractivity contribution is 5.83. The summed E-state index contributed by atoms with van der Waals surface area (Å²) in [5, 5.41) is 18.7. The van der Waals surface area contributed by atoms with Crippen LogP contribution < -0.4 is 0 Å². The molecule has 1 rings (SSSR count). The van der Waals surface area contributed by atoms with Crippen molar-refractivity contribution >= 4 is 11.8 Å². The molecule has 1 saturated carbocycles. The monoisotopic (exact) mass is 352 g/mol. The molecular formula is C21H36O4. The SMILES string of the molecule is CCCCCCCC(O)C=CC1CCC(=O)C1CCCCCC(=O)O. The number of aliphatic hydroxyl groups is 1. The Bertz CT molecular complexity index is 416. The second-order valence-electron chi connectivity index (χ2n) is 7.42. The summed E-state index contributed by atoms with van der Waals surface area (Å²) in [7, 11) is 0. The summed E-state index contributed by atoms with van der Waals surface area (Å²) in [5.41, 5.74) is 0. The Labute approximate surface area is 152 Å². The summed E-state index contributed by atoms with van der Waals surface area (Å²) in [6.07, 6.45) is 15.4. The molecule has 0 radical (unpaired) electrons. The van der Waals surface area contributed by atoms with Gasteiger partial charge in [-0.3, -0.25) is 9.59 Å². The van der Waals surface area contributed by atoms with Gasteiger partial charge in [-0.1, -0.05) is 64.0 Å². The van der Waals surface area contributed by atoms with Gasteiger partial charge in [0.2, 0.25) is 0 Å². The van der Waals surface area contributed by atoms with Gasteiger partial charge >= 0.3 is 5.97 Å². The second kappa shape index (κ2) is 13.1. The van der Waals surface area contributed by atoms with Crippen molar-refractivity contribution in [2.75, 3.05) is 0 Å². The standard InChI is InChI=1S/C21H36O4/c1-2-3-4-5-7-10-18(22)15-13-17-14-16-20(23)19(17)11-8-6-9-12-21(24)25/h13,15,17-19,22H,2-12,14,16H2,1H3,(H,24,25). The van der Waals surface area contributed by atoms with E-state index in [1.54, 1.807) is 0 Å². The summed E-state index contributed by atoms with van der Waals surface area (Å²) in [6.45, 7) is 2.20. The third-order valence-electron chi connectivity index (χ3n) is 5.24. The van der Waals surface area contributed by atoms with Crippen LogP contribution >= 0.6 is 0 Å². The molecule has 0 heterocycles. The number of carbonyl (C=O) groups excluding carboxylic acids is 1. The van der Waals surface area contributed by atoms with E-state index in [0.717, 1.165) is 38.5 Å². The number of unbranched alkanes of at least 4 members (excludes halogenated alkanes) is 6. The zero-order valence-electron chi connectivity index (χ0n) is 15.8. The van der Waals surface area contributed by atoms with Crippen molar-refractivity contribution < 1.29 is 19.8 Å². The minimum absolute atomic E-state index is 0.0674. The molecule has 0 spiro atoms. The lowest BCUT2D eigenvalue weighted by atomic mass is 9.89. The van der Waals surface area contributed by atoms with E-state index in [-0.39, 0.29) is 18.3 Å². The number of hydrogen-bond donors (Lipinski definition) is 2. The molecule has 25 heavy (non-hydrogen) atoms. The molecule has 2 N–H and O–H groups in total. The Morgan fingerprint density at radius 2 is 1.88 bits per heavy atom. The first-order valence-electron chi connectivity index (χ1n) is 10.2. The fourth-order valence-corrected chi connectivity index (χ4v) is 3.68. The van der Waals surface area contributed by atoms with Crippen LogP contribution in [-0.4, -0.2) is 28.1 Å². The molecule has 0 aliphatic heterocycles. The van der Waals surface area contributed by atoms with Gasteiger partial charge in [-0.2, -0.15) is 0 Å². The van der Waals surface area contributed by atoms with Crippen LogP contribution in [0.2, 0.25) is 0 Å². The molecule has 3 unspecified atom stereocenters. The molecular weight excluding hydrogens is 316 g/mol. The molecule has 0 aromatic heterocycles. The van der Waals surface area contributed by atoms with E-state index >= 15 is 0 Å². The first-order valence-corrected chi connectivity index (χ1v) is 10.2. The number of aliphatic carboxylic acids is 1. The molecule has 3 atom stereocenters. The van der Waals surface area contributed by atoms with Gasteiger partial charge in [0.1, 0.15) is 5.78 Å². The van der Waals surface area contributed by atoms with Crippen LogP contribution in [-0.2, 0) is 9.59 Å². The van der Waals surface area contributed by atoms with Crippen molar-refractivity contribution in [2.45, 2.75) is 96.5 Å². The quantitative estimate of drug-likeness (QED) is 0.344. The Balaban J connectivity index is 2.27. The smallest absolute Gasteiger partial charge is 0.303 e. The van der Waals surface area contributed by atoms with Gasteiger partial charge in [0.15, 0.2) is 0 Å². The highest BCUT2D eigenvalue weighted by Crippen LogP contribution is 2.34. The first-order chi connectivity index (χ1) is 12.0. The summed E-state index contributed by atoms with van der Waals surface area (Å²) in [5.74, 6) is -0.0945. The van der Waals surface area contributed by atoms with Crippen molar-refractivity contribution in [3.05, 3.63) is 12.2 Å². The summed E-state index contributed by atoms with van der Waals surface area (Å²) in [6, 6.07) is 0. The predicted octanol–water partition coefficient (Wildman–Crippen LogP) is 4.89. The third-order valence-corrected chi connectivity index (χ3v) is 5.24. The summed E-state index contributed by atoms with van der Waals surface area (Å²) in [4.78, 5) is 22.6. The lowest BCUT2D eigenvalue weighted by Gasteiger charge is -2.15. The molecule has 1 fully saturated rings. The number of carboxylic acid groups (broad SMARTS) is 1. The maximum Gasteiger partial charge on any atom is 0.303 e. The Morgan fingerprint density at radius 1 is 1.16 bits per heavy atom. The lowest BCUT2D eigenvalue weighted by Crippen LogP contribution is -2.14. The van der Waals surface area contributed by atoms with Crippen LogP contribution in [0, 0.1) is 11.8 Å². The Morgan fingerprint density at radius 3 is 2.60 bits per heavy atom. The van der Waals surface area contributed by atoms with Crippen LogP contribution in [0.25, 0.3) is 0 Å². The van der Waals surface area contributed by atoms with Crippen molar-refractivity contribution in [3.8, 4) is 0 Å². The Hall–Kier alpha value is -1.16. The van der Waals surface area contributed by atoms with E-state index in [1.807, 2.05) is 6.08 Å². The highest BCUT2D eigenvalue weighted by atomic mass is 16.4. The predicted molar refractivity (Wildman–Crippen MR) is 100 cm³/mol. The molecule has 144 valence electrons. The molecule has 0 aromatic carbocycles. The minimum atomic E-state index is -0.749. The lowest BCUT2D eigenvalue weighted by molar-refractivity contribution is -0.137.